The Kier molecular flexibility index (Phi) is 5.31. The minimum absolute atomic E-state index is 0.660. The van der Waals surface area contributed by atoms with Gasteiger partial charge in [0.25, 0.3) is 0 Å². The molecule has 0 saturated heterocycles. The Morgan fingerprint density at radius 1 is 1.54 bits per heavy atom. The first-order valence-electron chi connectivity index (χ1n) is 4.64. The standard InChI is InChI=1S/C11H19NO/c1-4-6-7-10(9-12)11(3,13)8-5-2/h4,6-7,9,12-13H,5,8H2,1-3H3/b6-4+,10-7+,12-9?. The Labute approximate surface area is 80.5 Å². The fourth-order valence-corrected chi connectivity index (χ4v) is 1.21. The van der Waals surface area contributed by atoms with Gasteiger partial charge in [-0.05, 0) is 20.3 Å². The number of allylic oxidation sites excluding steroid dienone is 3. The van der Waals surface area contributed by atoms with E-state index >= 15 is 0 Å². The Hall–Kier alpha value is -0.890. The summed E-state index contributed by atoms with van der Waals surface area (Å²) in [4.78, 5) is 0. The van der Waals surface area contributed by atoms with Crippen molar-refractivity contribution in [3.05, 3.63) is 23.8 Å². The maximum Gasteiger partial charge on any atom is 0.0883 e. The normalized spacial score (nSPS) is 17.4. The Morgan fingerprint density at radius 3 is 2.54 bits per heavy atom. The quantitative estimate of drug-likeness (QED) is 0.497. The summed E-state index contributed by atoms with van der Waals surface area (Å²) in [5, 5.41) is 17.1. The molecule has 2 N–H and O–H groups in total. The summed E-state index contributed by atoms with van der Waals surface area (Å²) >= 11 is 0. The van der Waals surface area contributed by atoms with E-state index in [1.807, 2.05) is 26.0 Å². The highest BCUT2D eigenvalue weighted by Gasteiger charge is 2.22. The molecule has 0 spiro atoms. The van der Waals surface area contributed by atoms with E-state index in [9.17, 15) is 5.11 Å². The molecule has 1 unspecified atom stereocenters. The number of nitrogens with one attached hydrogen (secondary N) is 1. The van der Waals surface area contributed by atoms with Gasteiger partial charge in [0, 0.05) is 11.8 Å². The molecule has 0 aliphatic rings. The molecule has 0 bridgehead atoms. The first-order valence-corrected chi connectivity index (χ1v) is 4.64. The van der Waals surface area contributed by atoms with E-state index < -0.39 is 5.60 Å². The maximum atomic E-state index is 9.95. The smallest absolute Gasteiger partial charge is 0.0883 e. The molecule has 1 atom stereocenters. The second-order valence-corrected chi connectivity index (χ2v) is 3.32. The first-order chi connectivity index (χ1) is 6.08. The highest BCUT2D eigenvalue weighted by atomic mass is 16.3. The van der Waals surface area contributed by atoms with Crippen LogP contribution in [0.25, 0.3) is 0 Å². The molecule has 0 rings (SSSR count). The lowest BCUT2D eigenvalue weighted by Gasteiger charge is -2.23. The summed E-state index contributed by atoms with van der Waals surface area (Å²) < 4.78 is 0. The lowest BCUT2D eigenvalue weighted by Crippen LogP contribution is -2.27. The second-order valence-electron chi connectivity index (χ2n) is 3.32. The van der Waals surface area contributed by atoms with E-state index in [0.29, 0.717) is 12.0 Å². The lowest BCUT2D eigenvalue weighted by atomic mass is 9.91. The van der Waals surface area contributed by atoms with Crippen molar-refractivity contribution in [2.45, 2.75) is 39.2 Å². The predicted molar refractivity (Wildman–Crippen MR) is 57.2 cm³/mol. The average molecular weight is 181 g/mol. The fraction of sp³-hybridized carbons (Fsp3) is 0.545. The van der Waals surface area contributed by atoms with E-state index in [-0.39, 0.29) is 0 Å². The van der Waals surface area contributed by atoms with Gasteiger partial charge in [0.05, 0.1) is 5.60 Å². The van der Waals surface area contributed by atoms with Crippen LogP contribution >= 0.6 is 0 Å². The van der Waals surface area contributed by atoms with Gasteiger partial charge in [0.15, 0.2) is 0 Å². The van der Waals surface area contributed by atoms with Crippen molar-refractivity contribution in [3.8, 4) is 0 Å². The summed E-state index contributed by atoms with van der Waals surface area (Å²) in [5.74, 6) is 0. The topological polar surface area (TPSA) is 44.1 Å². The molecule has 13 heavy (non-hydrogen) atoms. The molecule has 0 fully saturated rings. The molecule has 0 aliphatic heterocycles. The zero-order valence-electron chi connectivity index (χ0n) is 8.67. The maximum absolute atomic E-state index is 9.95. The molecular weight excluding hydrogens is 162 g/mol. The Bertz CT molecular complexity index is 214. The number of rotatable bonds is 5. The summed E-state index contributed by atoms with van der Waals surface area (Å²) in [5.41, 5.74) is -0.205. The van der Waals surface area contributed by atoms with Gasteiger partial charge in [0.2, 0.25) is 0 Å². The SMILES string of the molecule is C/C=C/C=C(\C=N)C(C)(O)CCC. The van der Waals surface area contributed by atoms with Crippen molar-refractivity contribution >= 4 is 6.21 Å². The first kappa shape index (κ1) is 12.1. The molecule has 0 amide bonds. The summed E-state index contributed by atoms with van der Waals surface area (Å²) in [6, 6.07) is 0. The summed E-state index contributed by atoms with van der Waals surface area (Å²) in [7, 11) is 0. The zero-order valence-corrected chi connectivity index (χ0v) is 8.67. The lowest BCUT2D eigenvalue weighted by molar-refractivity contribution is 0.0948. The van der Waals surface area contributed by atoms with Crippen LogP contribution in [0.5, 0.6) is 0 Å². The van der Waals surface area contributed by atoms with Crippen molar-refractivity contribution in [3.63, 3.8) is 0 Å². The van der Waals surface area contributed by atoms with Gasteiger partial charge in [-0.1, -0.05) is 31.6 Å². The molecule has 0 saturated carbocycles. The number of hydrogen-bond acceptors (Lipinski definition) is 2. The van der Waals surface area contributed by atoms with Crippen LogP contribution in [-0.4, -0.2) is 16.9 Å². The van der Waals surface area contributed by atoms with E-state index in [2.05, 4.69) is 0 Å². The van der Waals surface area contributed by atoms with Gasteiger partial charge in [-0.3, -0.25) is 0 Å². The summed E-state index contributed by atoms with van der Waals surface area (Å²) in [6.07, 6.45) is 8.31. The predicted octanol–water partition coefficient (Wildman–Crippen LogP) is 2.69. The molecule has 0 heterocycles. The van der Waals surface area contributed by atoms with Crippen molar-refractivity contribution in [2.24, 2.45) is 0 Å². The minimum Gasteiger partial charge on any atom is -0.385 e. The molecule has 74 valence electrons. The molecule has 0 radical (unpaired) electrons. The highest BCUT2D eigenvalue weighted by molar-refractivity contribution is 5.79. The van der Waals surface area contributed by atoms with Crippen LogP contribution in [0.15, 0.2) is 23.8 Å². The van der Waals surface area contributed by atoms with Crippen LogP contribution in [0.3, 0.4) is 0 Å². The third-order valence-corrected chi connectivity index (χ3v) is 1.98. The van der Waals surface area contributed by atoms with Crippen molar-refractivity contribution in [1.29, 1.82) is 5.41 Å². The average Bonchev–Trinajstić information content (AvgIpc) is 2.05. The Morgan fingerprint density at radius 2 is 2.15 bits per heavy atom. The third-order valence-electron chi connectivity index (χ3n) is 1.98. The van der Waals surface area contributed by atoms with Crippen LogP contribution in [0.1, 0.15) is 33.6 Å². The molecule has 2 heteroatoms. The van der Waals surface area contributed by atoms with Crippen molar-refractivity contribution in [2.75, 3.05) is 0 Å². The van der Waals surface area contributed by atoms with E-state index in [4.69, 9.17) is 5.41 Å². The van der Waals surface area contributed by atoms with E-state index in [0.717, 1.165) is 6.42 Å². The van der Waals surface area contributed by atoms with E-state index in [1.54, 1.807) is 13.0 Å². The van der Waals surface area contributed by atoms with Crippen LogP contribution in [0.4, 0.5) is 0 Å². The van der Waals surface area contributed by atoms with Gasteiger partial charge >= 0.3 is 0 Å². The van der Waals surface area contributed by atoms with E-state index in [1.165, 1.54) is 6.21 Å². The van der Waals surface area contributed by atoms with Gasteiger partial charge in [-0.2, -0.15) is 0 Å². The van der Waals surface area contributed by atoms with Gasteiger partial charge in [-0.25, -0.2) is 0 Å². The zero-order chi connectivity index (χ0) is 10.3. The van der Waals surface area contributed by atoms with Crippen molar-refractivity contribution < 1.29 is 5.11 Å². The van der Waals surface area contributed by atoms with Gasteiger partial charge in [-0.15, -0.1) is 0 Å². The minimum atomic E-state index is -0.865. The van der Waals surface area contributed by atoms with Crippen LogP contribution in [-0.2, 0) is 0 Å². The number of hydrogen-bond donors (Lipinski definition) is 2. The number of aliphatic hydroxyl groups is 1. The molecule has 2 nitrogen and oxygen atoms in total. The van der Waals surface area contributed by atoms with Crippen molar-refractivity contribution in [1.82, 2.24) is 0 Å². The second kappa shape index (κ2) is 5.70. The third kappa shape index (κ3) is 4.04. The monoisotopic (exact) mass is 181 g/mol. The molecule has 0 aromatic rings. The van der Waals surface area contributed by atoms with Crippen LogP contribution in [0.2, 0.25) is 0 Å². The molecule has 0 aliphatic carbocycles. The molecule has 0 aromatic heterocycles. The largest absolute Gasteiger partial charge is 0.385 e. The Balaban J connectivity index is 4.64. The van der Waals surface area contributed by atoms with Gasteiger partial charge in [0.1, 0.15) is 0 Å². The fourth-order valence-electron chi connectivity index (χ4n) is 1.21. The van der Waals surface area contributed by atoms with Crippen LogP contribution < -0.4 is 0 Å². The van der Waals surface area contributed by atoms with Crippen LogP contribution in [0, 0.1) is 5.41 Å². The summed E-state index contributed by atoms with van der Waals surface area (Å²) in [6.45, 7) is 5.68. The molecular formula is C11H19NO. The highest BCUT2D eigenvalue weighted by Crippen LogP contribution is 2.20. The van der Waals surface area contributed by atoms with Gasteiger partial charge < -0.3 is 10.5 Å². The molecule has 0 aromatic carbocycles.